The van der Waals surface area contributed by atoms with Crippen molar-refractivity contribution in [3.63, 3.8) is 0 Å². The zero-order valence-electron chi connectivity index (χ0n) is 18.7. The molecule has 4 rings (SSSR count). The van der Waals surface area contributed by atoms with Crippen LogP contribution in [0.2, 0.25) is 5.02 Å². The molecular weight excluding hydrogens is 438 g/mol. The first-order valence-electron chi connectivity index (χ1n) is 11.0. The molecular formula is C27H26ClNO4. The van der Waals surface area contributed by atoms with E-state index in [1.165, 1.54) is 0 Å². The Labute approximate surface area is 198 Å². The van der Waals surface area contributed by atoms with Gasteiger partial charge in [0, 0.05) is 28.1 Å². The Kier molecular flexibility index (Phi) is 7.02. The number of halogens is 1. The third-order valence-corrected chi connectivity index (χ3v) is 5.93. The van der Waals surface area contributed by atoms with Crippen molar-refractivity contribution >= 4 is 28.4 Å². The molecule has 170 valence electrons. The Balaban J connectivity index is 1.64. The van der Waals surface area contributed by atoms with Crippen LogP contribution in [-0.2, 0) is 0 Å². The summed E-state index contributed by atoms with van der Waals surface area (Å²) < 4.78 is 11.9. The van der Waals surface area contributed by atoms with E-state index in [2.05, 4.69) is 18.7 Å². The molecule has 3 aromatic carbocycles. The van der Waals surface area contributed by atoms with Crippen molar-refractivity contribution in [2.24, 2.45) is 0 Å². The first-order valence-corrected chi connectivity index (χ1v) is 11.4. The lowest BCUT2D eigenvalue weighted by Gasteiger charge is -2.18. The topological polar surface area (TPSA) is 62.9 Å². The van der Waals surface area contributed by atoms with Crippen molar-refractivity contribution in [1.82, 2.24) is 4.90 Å². The van der Waals surface area contributed by atoms with E-state index >= 15 is 0 Å². The minimum atomic E-state index is -0.172. The standard InChI is InChI=1S/C27H26ClNO4/c1-3-29(4-2)15-16-32-22-12-7-18(8-13-22)26(31)25-23-17-20(28)9-14-24(23)33-27(25)19-5-10-21(30)11-6-19/h5-14,17,30H,3-4,15-16H2,1-2H3. The fraction of sp³-hybridized carbons (Fsp3) is 0.222. The van der Waals surface area contributed by atoms with Crippen LogP contribution in [0.15, 0.2) is 71.1 Å². The molecule has 0 fully saturated rings. The van der Waals surface area contributed by atoms with Crippen molar-refractivity contribution in [1.29, 1.82) is 0 Å². The Hall–Kier alpha value is -3.28. The van der Waals surface area contributed by atoms with Gasteiger partial charge in [-0.05, 0) is 79.8 Å². The van der Waals surface area contributed by atoms with Crippen molar-refractivity contribution < 1.29 is 19.1 Å². The molecule has 0 unspecified atom stereocenters. The maximum Gasteiger partial charge on any atom is 0.197 e. The van der Waals surface area contributed by atoms with Gasteiger partial charge >= 0.3 is 0 Å². The van der Waals surface area contributed by atoms with E-state index in [0.29, 0.717) is 45.0 Å². The van der Waals surface area contributed by atoms with Crippen LogP contribution in [0, 0.1) is 0 Å². The van der Waals surface area contributed by atoms with Gasteiger partial charge < -0.3 is 19.2 Å². The highest BCUT2D eigenvalue weighted by Crippen LogP contribution is 2.37. The van der Waals surface area contributed by atoms with Gasteiger partial charge in [0.1, 0.15) is 29.4 Å². The van der Waals surface area contributed by atoms with Crippen LogP contribution in [0.25, 0.3) is 22.3 Å². The summed E-state index contributed by atoms with van der Waals surface area (Å²) in [5, 5.41) is 10.8. The molecule has 1 N–H and O–H groups in total. The number of furan rings is 1. The van der Waals surface area contributed by atoms with Gasteiger partial charge in [0.2, 0.25) is 0 Å². The molecule has 0 saturated heterocycles. The van der Waals surface area contributed by atoms with Crippen LogP contribution in [0.4, 0.5) is 0 Å². The van der Waals surface area contributed by atoms with Gasteiger partial charge in [0.25, 0.3) is 0 Å². The summed E-state index contributed by atoms with van der Waals surface area (Å²) in [6, 6.07) is 18.9. The number of likely N-dealkylation sites (N-methyl/N-ethyl adjacent to an activating group) is 1. The summed E-state index contributed by atoms with van der Waals surface area (Å²) in [6.07, 6.45) is 0. The smallest absolute Gasteiger partial charge is 0.197 e. The average molecular weight is 464 g/mol. The van der Waals surface area contributed by atoms with Crippen LogP contribution in [0.1, 0.15) is 29.8 Å². The van der Waals surface area contributed by atoms with Crippen LogP contribution < -0.4 is 4.74 Å². The number of ether oxygens (including phenoxy) is 1. The first-order chi connectivity index (χ1) is 16.0. The third-order valence-electron chi connectivity index (χ3n) is 5.69. The average Bonchev–Trinajstić information content (AvgIpc) is 3.21. The summed E-state index contributed by atoms with van der Waals surface area (Å²) in [7, 11) is 0. The number of rotatable bonds is 9. The third kappa shape index (κ3) is 5.05. The van der Waals surface area contributed by atoms with Crippen LogP contribution in [-0.4, -0.2) is 42.0 Å². The molecule has 0 aliphatic carbocycles. The molecule has 0 radical (unpaired) electrons. The Bertz CT molecular complexity index is 1240. The molecule has 0 aliphatic heterocycles. The highest BCUT2D eigenvalue weighted by atomic mass is 35.5. The van der Waals surface area contributed by atoms with Gasteiger partial charge in [-0.1, -0.05) is 25.4 Å². The number of carbonyl (C=O) groups is 1. The fourth-order valence-electron chi connectivity index (χ4n) is 3.79. The Morgan fingerprint density at radius 1 is 1.00 bits per heavy atom. The highest BCUT2D eigenvalue weighted by Gasteiger charge is 2.23. The minimum Gasteiger partial charge on any atom is -0.508 e. The number of benzene rings is 3. The lowest BCUT2D eigenvalue weighted by Crippen LogP contribution is -2.27. The fourth-order valence-corrected chi connectivity index (χ4v) is 3.96. The summed E-state index contributed by atoms with van der Waals surface area (Å²) in [6.45, 7) is 7.67. The van der Waals surface area contributed by atoms with Gasteiger partial charge in [-0.2, -0.15) is 0 Å². The van der Waals surface area contributed by atoms with Gasteiger partial charge in [-0.25, -0.2) is 0 Å². The SMILES string of the molecule is CCN(CC)CCOc1ccc(C(=O)c2c(-c3ccc(O)cc3)oc3ccc(Cl)cc23)cc1. The normalized spacial score (nSPS) is 11.3. The summed E-state index contributed by atoms with van der Waals surface area (Å²) >= 11 is 6.22. The maximum absolute atomic E-state index is 13.6. The van der Waals surface area contributed by atoms with Gasteiger partial charge in [-0.3, -0.25) is 4.79 Å². The second-order valence-electron chi connectivity index (χ2n) is 7.72. The van der Waals surface area contributed by atoms with Crippen molar-refractivity contribution in [3.05, 3.63) is 82.9 Å². The summed E-state index contributed by atoms with van der Waals surface area (Å²) in [5.74, 6) is 1.13. The van der Waals surface area contributed by atoms with Crippen LogP contribution in [0.3, 0.4) is 0 Å². The predicted molar refractivity (Wildman–Crippen MR) is 131 cm³/mol. The molecule has 5 nitrogen and oxygen atoms in total. The largest absolute Gasteiger partial charge is 0.508 e. The number of hydrogen-bond acceptors (Lipinski definition) is 5. The van der Waals surface area contributed by atoms with Crippen LogP contribution >= 0.6 is 11.6 Å². The quantitative estimate of drug-likeness (QED) is 0.290. The highest BCUT2D eigenvalue weighted by molar-refractivity contribution is 6.32. The van der Waals surface area contributed by atoms with Gasteiger partial charge in [0.15, 0.2) is 5.78 Å². The summed E-state index contributed by atoms with van der Waals surface area (Å²) in [5.41, 5.74) is 2.23. The zero-order chi connectivity index (χ0) is 23.4. The molecule has 0 spiro atoms. The summed E-state index contributed by atoms with van der Waals surface area (Å²) in [4.78, 5) is 15.9. The number of fused-ring (bicyclic) bond motifs is 1. The molecule has 0 aliphatic rings. The lowest BCUT2D eigenvalue weighted by molar-refractivity contribution is 0.104. The molecule has 0 amide bonds. The molecule has 1 aromatic heterocycles. The second-order valence-corrected chi connectivity index (χ2v) is 8.16. The van der Waals surface area contributed by atoms with Crippen molar-refractivity contribution in [2.75, 3.05) is 26.2 Å². The van der Waals surface area contributed by atoms with E-state index in [1.807, 2.05) is 12.1 Å². The molecule has 0 atom stereocenters. The monoisotopic (exact) mass is 463 g/mol. The van der Waals surface area contributed by atoms with Crippen molar-refractivity contribution in [2.45, 2.75) is 13.8 Å². The minimum absolute atomic E-state index is 0.141. The van der Waals surface area contributed by atoms with E-state index in [9.17, 15) is 9.90 Å². The van der Waals surface area contributed by atoms with Gasteiger partial charge in [0.05, 0.1) is 5.56 Å². The van der Waals surface area contributed by atoms with E-state index < -0.39 is 0 Å². The zero-order valence-corrected chi connectivity index (χ0v) is 19.4. The number of aromatic hydroxyl groups is 1. The van der Waals surface area contributed by atoms with Crippen molar-refractivity contribution in [3.8, 4) is 22.8 Å². The molecule has 33 heavy (non-hydrogen) atoms. The Morgan fingerprint density at radius 3 is 2.36 bits per heavy atom. The lowest BCUT2D eigenvalue weighted by atomic mass is 9.97. The van der Waals surface area contributed by atoms with E-state index in [-0.39, 0.29) is 11.5 Å². The molecule has 1 heterocycles. The first kappa shape index (κ1) is 22.9. The molecule has 6 heteroatoms. The number of carbonyl (C=O) groups excluding carboxylic acids is 1. The second kappa shape index (κ2) is 10.1. The molecule has 0 bridgehead atoms. The number of hydrogen-bond donors (Lipinski definition) is 1. The molecule has 0 saturated carbocycles. The molecule has 4 aromatic rings. The van der Waals surface area contributed by atoms with Gasteiger partial charge in [-0.15, -0.1) is 0 Å². The van der Waals surface area contributed by atoms with Crippen LogP contribution in [0.5, 0.6) is 11.5 Å². The van der Waals surface area contributed by atoms with E-state index in [0.717, 1.165) is 25.4 Å². The Morgan fingerprint density at radius 2 is 1.70 bits per heavy atom. The van der Waals surface area contributed by atoms with E-state index in [1.54, 1.807) is 54.6 Å². The number of ketones is 1. The predicted octanol–water partition coefficient (Wildman–Crippen LogP) is 6.41. The number of phenolic OH excluding ortho intramolecular Hbond substituents is 1. The number of phenols is 1. The maximum atomic E-state index is 13.6. The number of nitrogens with zero attached hydrogens (tertiary/aromatic N) is 1. The van der Waals surface area contributed by atoms with E-state index in [4.69, 9.17) is 20.8 Å².